The minimum absolute atomic E-state index is 0. The van der Waals surface area contributed by atoms with Crippen molar-refractivity contribution >= 4 is 51.8 Å². The summed E-state index contributed by atoms with van der Waals surface area (Å²) >= 11 is 3.36. The highest BCUT2D eigenvalue weighted by Gasteiger charge is 2.11. The molecule has 1 rings (SSSR count). The Labute approximate surface area is 164 Å². The Kier molecular flexibility index (Phi) is 10.5. The summed E-state index contributed by atoms with van der Waals surface area (Å²) in [6.07, 6.45) is 0.824. The standard InChI is InChI=1S/C16H25BrN4O.HI/c1-16(2,3)21-15(18-4)20-10-6-9-19-14(22)12-7-5-8-13(17)11-12;/h5,7-8,11H,6,9-10H2,1-4H3,(H,19,22)(H2,18,20,21);1H. The molecule has 0 radical (unpaired) electrons. The summed E-state index contributed by atoms with van der Waals surface area (Å²) in [6, 6.07) is 7.35. The van der Waals surface area contributed by atoms with Crippen LogP contribution in [0.4, 0.5) is 0 Å². The van der Waals surface area contributed by atoms with E-state index < -0.39 is 0 Å². The summed E-state index contributed by atoms with van der Waals surface area (Å²) in [5, 5.41) is 9.42. The van der Waals surface area contributed by atoms with Crippen molar-refractivity contribution in [3.8, 4) is 0 Å². The van der Waals surface area contributed by atoms with E-state index in [1.807, 2.05) is 18.2 Å². The molecule has 3 N–H and O–H groups in total. The first-order chi connectivity index (χ1) is 10.3. The Morgan fingerprint density at radius 2 is 1.87 bits per heavy atom. The molecular weight excluding hydrogens is 471 g/mol. The average Bonchev–Trinajstić information content (AvgIpc) is 2.44. The molecule has 0 fully saturated rings. The molecule has 0 heterocycles. The number of carbonyl (C=O) groups is 1. The molecule has 1 aromatic rings. The maximum absolute atomic E-state index is 11.9. The van der Waals surface area contributed by atoms with Gasteiger partial charge < -0.3 is 16.0 Å². The van der Waals surface area contributed by atoms with Gasteiger partial charge in [-0.1, -0.05) is 22.0 Å². The predicted molar refractivity (Wildman–Crippen MR) is 111 cm³/mol. The van der Waals surface area contributed by atoms with E-state index in [1.54, 1.807) is 13.1 Å². The van der Waals surface area contributed by atoms with Gasteiger partial charge in [0.2, 0.25) is 0 Å². The SMILES string of the molecule is CN=C(NCCCNC(=O)c1cccc(Br)c1)NC(C)(C)C.I. The average molecular weight is 497 g/mol. The number of hydrogen-bond acceptors (Lipinski definition) is 2. The monoisotopic (exact) mass is 496 g/mol. The minimum Gasteiger partial charge on any atom is -0.356 e. The van der Waals surface area contributed by atoms with E-state index in [-0.39, 0.29) is 35.4 Å². The third-order valence-electron chi connectivity index (χ3n) is 2.74. The highest BCUT2D eigenvalue weighted by Crippen LogP contribution is 2.11. The Hall–Kier alpha value is -0.830. The molecule has 7 heteroatoms. The number of nitrogens with zero attached hydrogens (tertiary/aromatic N) is 1. The first-order valence-electron chi connectivity index (χ1n) is 7.34. The minimum atomic E-state index is -0.0569. The van der Waals surface area contributed by atoms with Crippen molar-refractivity contribution < 1.29 is 4.79 Å². The van der Waals surface area contributed by atoms with E-state index in [4.69, 9.17) is 0 Å². The maximum Gasteiger partial charge on any atom is 0.251 e. The van der Waals surface area contributed by atoms with Gasteiger partial charge in [-0.25, -0.2) is 0 Å². The van der Waals surface area contributed by atoms with Crippen molar-refractivity contribution in [3.63, 3.8) is 0 Å². The van der Waals surface area contributed by atoms with Crippen LogP contribution in [0.3, 0.4) is 0 Å². The van der Waals surface area contributed by atoms with Crippen LogP contribution in [0.5, 0.6) is 0 Å². The topological polar surface area (TPSA) is 65.5 Å². The summed E-state index contributed by atoms with van der Waals surface area (Å²) < 4.78 is 0.902. The lowest BCUT2D eigenvalue weighted by atomic mass is 10.1. The Morgan fingerprint density at radius 3 is 2.43 bits per heavy atom. The number of halogens is 2. The van der Waals surface area contributed by atoms with Crippen LogP contribution < -0.4 is 16.0 Å². The summed E-state index contributed by atoms with van der Waals surface area (Å²) in [7, 11) is 1.75. The van der Waals surface area contributed by atoms with E-state index in [2.05, 4.69) is 57.6 Å². The van der Waals surface area contributed by atoms with Gasteiger partial charge >= 0.3 is 0 Å². The van der Waals surface area contributed by atoms with E-state index in [0.717, 1.165) is 23.4 Å². The first-order valence-corrected chi connectivity index (χ1v) is 8.14. The second-order valence-electron chi connectivity index (χ2n) is 5.99. The van der Waals surface area contributed by atoms with Gasteiger partial charge in [-0.15, -0.1) is 24.0 Å². The molecule has 0 spiro atoms. The highest BCUT2D eigenvalue weighted by molar-refractivity contribution is 14.0. The van der Waals surface area contributed by atoms with E-state index in [9.17, 15) is 4.79 Å². The molecule has 0 aliphatic rings. The fourth-order valence-corrected chi connectivity index (χ4v) is 2.16. The third-order valence-corrected chi connectivity index (χ3v) is 3.23. The largest absolute Gasteiger partial charge is 0.356 e. The van der Waals surface area contributed by atoms with Gasteiger partial charge in [-0.05, 0) is 45.4 Å². The van der Waals surface area contributed by atoms with E-state index in [1.165, 1.54) is 0 Å². The molecule has 130 valence electrons. The molecule has 1 amide bonds. The van der Waals surface area contributed by atoms with Crippen LogP contribution in [0.25, 0.3) is 0 Å². The normalized spacial score (nSPS) is 11.4. The fourth-order valence-electron chi connectivity index (χ4n) is 1.76. The van der Waals surface area contributed by atoms with Gasteiger partial charge in [0, 0.05) is 35.7 Å². The lowest BCUT2D eigenvalue weighted by Gasteiger charge is -2.23. The van der Waals surface area contributed by atoms with Gasteiger partial charge in [0.1, 0.15) is 0 Å². The quantitative estimate of drug-likeness (QED) is 0.254. The van der Waals surface area contributed by atoms with Crippen molar-refractivity contribution in [2.45, 2.75) is 32.7 Å². The van der Waals surface area contributed by atoms with Crippen LogP contribution in [0, 0.1) is 0 Å². The molecule has 1 aromatic carbocycles. The summed E-state index contributed by atoms with van der Waals surface area (Å²) in [5.41, 5.74) is 0.629. The smallest absolute Gasteiger partial charge is 0.251 e. The van der Waals surface area contributed by atoms with Crippen molar-refractivity contribution in [2.75, 3.05) is 20.1 Å². The molecule has 0 aromatic heterocycles. The van der Waals surface area contributed by atoms with Crippen molar-refractivity contribution in [3.05, 3.63) is 34.3 Å². The van der Waals surface area contributed by atoms with E-state index in [0.29, 0.717) is 12.1 Å². The maximum atomic E-state index is 11.9. The zero-order valence-corrected chi connectivity index (χ0v) is 18.0. The molecule has 0 aliphatic heterocycles. The van der Waals surface area contributed by atoms with Crippen molar-refractivity contribution in [1.29, 1.82) is 0 Å². The van der Waals surface area contributed by atoms with E-state index >= 15 is 0 Å². The lowest BCUT2D eigenvalue weighted by molar-refractivity contribution is 0.0953. The summed E-state index contributed by atoms with van der Waals surface area (Å²) in [6.45, 7) is 7.60. The molecule has 0 bridgehead atoms. The molecule has 0 atom stereocenters. The van der Waals surface area contributed by atoms with Gasteiger partial charge in [0.15, 0.2) is 5.96 Å². The fraction of sp³-hybridized carbons (Fsp3) is 0.500. The number of guanidine groups is 1. The number of aliphatic imine (C=N–C) groups is 1. The number of carbonyl (C=O) groups excluding carboxylic acids is 1. The zero-order valence-electron chi connectivity index (χ0n) is 14.1. The highest BCUT2D eigenvalue weighted by atomic mass is 127. The molecule has 0 unspecified atom stereocenters. The van der Waals surface area contributed by atoms with Gasteiger partial charge in [-0.2, -0.15) is 0 Å². The Morgan fingerprint density at radius 1 is 1.22 bits per heavy atom. The van der Waals surface area contributed by atoms with Crippen molar-refractivity contribution in [1.82, 2.24) is 16.0 Å². The second-order valence-corrected chi connectivity index (χ2v) is 6.91. The summed E-state index contributed by atoms with van der Waals surface area (Å²) in [5.74, 6) is 0.712. The number of hydrogen-bond donors (Lipinski definition) is 3. The number of nitrogens with one attached hydrogen (secondary N) is 3. The van der Waals surface area contributed by atoms with Crippen LogP contribution in [0.2, 0.25) is 0 Å². The third kappa shape index (κ3) is 9.80. The van der Waals surface area contributed by atoms with Gasteiger partial charge in [0.25, 0.3) is 5.91 Å². The molecule has 23 heavy (non-hydrogen) atoms. The summed E-state index contributed by atoms with van der Waals surface area (Å²) in [4.78, 5) is 16.1. The predicted octanol–water partition coefficient (Wildman–Crippen LogP) is 3.15. The van der Waals surface area contributed by atoms with Crippen LogP contribution in [0.15, 0.2) is 33.7 Å². The molecule has 0 aliphatic carbocycles. The molecule has 0 saturated heterocycles. The van der Waals surface area contributed by atoms with Crippen LogP contribution in [-0.2, 0) is 0 Å². The van der Waals surface area contributed by atoms with Crippen molar-refractivity contribution in [2.24, 2.45) is 4.99 Å². The Bertz CT molecular complexity index is 529. The number of benzene rings is 1. The van der Waals surface area contributed by atoms with Crippen LogP contribution in [0.1, 0.15) is 37.6 Å². The van der Waals surface area contributed by atoms with Gasteiger partial charge in [0.05, 0.1) is 0 Å². The van der Waals surface area contributed by atoms with Gasteiger partial charge in [-0.3, -0.25) is 9.79 Å². The number of amides is 1. The first kappa shape index (κ1) is 22.2. The lowest BCUT2D eigenvalue weighted by Crippen LogP contribution is -2.48. The van der Waals surface area contributed by atoms with Crippen LogP contribution in [-0.4, -0.2) is 37.5 Å². The second kappa shape index (κ2) is 10.9. The number of rotatable bonds is 5. The Balaban J connectivity index is 0.00000484. The van der Waals surface area contributed by atoms with Crippen LogP contribution >= 0.6 is 39.9 Å². The molecule has 5 nitrogen and oxygen atoms in total. The molecular formula is C16H26BrIN4O. The molecule has 0 saturated carbocycles. The zero-order chi connectivity index (χ0) is 16.6.